The summed E-state index contributed by atoms with van der Waals surface area (Å²) in [6.07, 6.45) is 1.62. The van der Waals surface area contributed by atoms with Gasteiger partial charge in [-0.05, 0) is 30.3 Å². The molecule has 2 heterocycles. The fourth-order valence-corrected chi connectivity index (χ4v) is 2.48. The third-order valence-corrected chi connectivity index (χ3v) is 3.75. The van der Waals surface area contributed by atoms with Gasteiger partial charge in [-0.1, -0.05) is 36.4 Å². The van der Waals surface area contributed by atoms with E-state index in [0.29, 0.717) is 5.69 Å². The van der Waals surface area contributed by atoms with E-state index in [1.807, 2.05) is 60.7 Å². The first-order chi connectivity index (χ1) is 12.8. The molecule has 6 heteroatoms. The van der Waals surface area contributed by atoms with Crippen LogP contribution in [0.2, 0.25) is 0 Å². The first-order valence-electron chi connectivity index (χ1n) is 8.59. The number of ether oxygens (including phenoxy) is 1. The quantitative estimate of drug-likeness (QED) is 0.762. The first kappa shape index (κ1) is 17.8. The number of carbonyl (C=O) groups excluding carboxylic acids is 1. The lowest BCUT2D eigenvalue weighted by Crippen LogP contribution is -2.30. The Kier molecular flexibility index (Phi) is 6.53. The summed E-state index contributed by atoms with van der Waals surface area (Å²) in [5.74, 6) is -0.183. The van der Waals surface area contributed by atoms with Crippen LogP contribution < -0.4 is 10.6 Å². The standard InChI is InChI=1S/C16H13N3O.C4H9NO/c20-16(18-13-7-3-1-4-8-13)15-11-12-17-19(15)14-9-5-2-6-10-14;1-3-6-4-2-5-1/h1-12H,(H,18,20);5H,1-4H2. The van der Waals surface area contributed by atoms with Crippen molar-refractivity contribution < 1.29 is 9.53 Å². The summed E-state index contributed by atoms with van der Waals surface area (Å²) in [4.78, 5) is 12.3. The average Bonchev–Trinajstić information content (AvgIpc) is 3.21. The van der Waals surface area contributed by atoms with Crippen LogP contribution in [-0.2, 0) is 4.74 Å². The summed E-state index contributed by atoms with van der Waals surface area (Å²) in [5.41, 5.74) is 2.12. The maximum atomic E-state index is 12.3. The normalized spacial score (nSPS) is 13.4. The highest BCUT2D eigenvalue weighted by atomic mass is 16.5. The molecule has 6 nitrogen and oxygen atoms in total. The van der Waals surface area contributed by atoms with Crippen molar-refractivity contribution in [2.45, 2.75) is 0 Å². The molecule has 0 atom stereocenters. The summed E-state index contributed by atoms with van der Waals surface area (Å²) < 4.78 is 6.63. The molecule has 0 saturated carbocycles. The number of carbonyl (C=O) groups is 1. The zero-order valence-corrected chi connectivity index (χ0v) is 14.5. The van der Waals surface area contributed by atoms with Gasteiger partial charge in [-0.15, -0.1) is 0 Å². The predicted molar refractivity (Wildman–Crippen MR) is 102 cm³/mol. The Hall–Kier alpha value is -2.96. The second-order valence-corrected chi connectivity index (χ2v) is 5.65. The van der Waals surface area contributed by atoms with Gasteiger partial charge in [-0.25, -0.2) is 4.68 Å². The third-order valence-electron chi connectivity index (χ3n) is 3.75. The van der Waals surface area contributed by atoms with Crippen molar-refractivity contribution in [2.75, 3.05) is 31.6 Å². The monoisotopic (exact) mass is 350 g/mol. The first-order valence-corrected chi connectivity index (χ1v) is 8.59. The Balaban J connectivity index is 0.000000278. The van der Waals surface area contributed by atoms with Crippen LogP contribution in [0.1, 0.15) is 10.5 Å². The maximum absolute atomic E-state index is 12.3. The van der Waals surface area contributed by atoms with Crippen molar-refractivity contribution in [2.24, 2.45) is 0 Å². The minimum Gasteiger partial charge on any atom is -0.379 e. The lowest BCUT2D eigenvalue weighted by molar-refractivity contribution is 0.101. The number of benzene rings is 2. The number of morpholine rings is 1. The number of hydrogen-bond acceptors (Lipinski definition) is 4. The lowest BCUT2D eigenvalue weighted by Gasteiger charge is -2.10. The minimum absolute atomic E-state index is 0.183. The SMILES string of the molecule is C1COCCN1.O=C(Nc1ccccc1)c1ccnn1-c1ccccc1. The van der Waals surface area contributed by atoms with E-state index in [-0.39, 0.29) is 5.91 Å². The van der Waals surface area contributed by atoms with Crippen LogP contribution in [0.5, 0.6) is 0 Å². The number of hydrogen-bond donors (Lipinski definition) is 2. The van der Waals surface area contributed by atoms with E-state index in [1.54, 1.807) is 16.9 Å². The Bertz CT molecular complexity index is 787. The Morgan fingerprint density at radius 2 is 1.62 bits per heavy atom. The van der Waals surface area contributed by atoms with Gasteiger partial charge in [0.15, 0.2) is 0 Å². The fourth-order valence-electron chi connectivity index (χ4n) is 2.48. The van der Waals surface area contributed by atoms with Gasteiger partial charge < -0.3 is 15.4 Å². The van der Waals surface area contributed by atoms with E-state index >= 15 is 0 Å². The van der Waals surface area contributed by atoms with Gasteiger partial charge in [0.1, 0.15) is 5.69 Å². The predicted octanol–water partition coefficient (Wildman–Crippen LogP) is 2.73. The summed E-state index contributed by atoms with van der Waals surface area (Å²) in [5, 5.41) is 10.2. The van der Waals surface area contributed by atoms with Gasteiger partial charge in [-0.2, -0.15) is 5.10 Å². The lowest BCUT2D eigenvalue weighted by atomic mass is 10.3. The van der Waals surface area contributed by atoms with Crippen molar-refractivity contribution in [3.63, 3.8) is 0 Å². The Labute approximate surface area is 152 Å². The molecular weight excluding hydrogens is 328 g/mol. The van der Waals surface area contributed by atoms with E-state index in [1.165, 1.54) is 0 Å². The Morgan fingerprint density at radius 1 is 0.962 bits per heavy atom. The van der Waals surface area contributed by atoms with E-state index in [4.69, 9.17) is 4.74 Å². The van der Waals surface area contributed by atoms with Gasteiger partial charge in [0.05, 0.1) is 25.1 Å². The average molecular weight is 350 g/mol. The number of rotatable bonds is 3. The topological polar surface area (TPSA) is 68.2 Å². The fraction of sp³-hybridized carbons (Fsp3) is 0.200. The van der Waals surface area contributed by atoms with Crippen LogP contribution in [0, 0.1) is 0 Å². The van der Waals surface area contributed by atoms with Gasteiger partial charge >= 0.3 is 0 Å². The van der Waals surface area contributed by atoms with Crippen molar-refractivity contribution in [1.29, 1.82) is 0 Å². The van der Waals surface area contributed by atoms with Gasteiger partial charge in [0.25, 0.3) is 5.91 Å². The largest absolute Gasteiger partial charge is 0.379 e. The molecule has 2 N–H and O–H groups in total. The van der Waals surface area contributed by atoms with Gasteiger partial charge in [0, 0.05) is 18.8 Å². The third kappa shape index (κ3) is 5.02. The highest BCUT2D eigenvalue weighted by Gasteiger charge is 2.13. The smallest absolute Gasteiger partial charge is 0.274 e. The molecule has 1 aromatic heterocycles. The molecule has 3 aromatic rings. The second kappa shape index (κ2) is 9.50. The second-order valence-electron chi connectivity index (χ2n) is 5.65. The molecule has 26 heavy (non-hydrogen) atoms. The minimum atomic E-state index is -0.183. The van der Waals surface area contributed by atoms with Gasteiger partial charge in [0.2, 0.25) is 0 Å². The molecular formula is C20H22N4O2. The van der Waals surface area contributed by atoms with E-state index in [0.717, 1.165) is 37.7 Å². The molecule has 0 aliphatic carbocycles. The molecule has 0 bridgehead atoms. The molecule has 1 aliphatic rings. The molecule has 0 radical (unpaired) electrons. The van der Waals surface area contributed by atoms with Crippen LogP contribution >= 0.6 is 0 Å². The maximum Gasteiger partial charge on any atom is 0.274 e. The summed E-state index contributed by atoms with van der Waals surface area (Å²) in [6, 6.07) is 20.6. The highest BCUT2D eigenvalue weighted by Crippen LogP contribution is 2.12. The number of aromatic nitrogens is 2. The zero-order valence-electron chi connectivity index (χ0n) is 14.5. The Morgan fingerprint density at radius 3 is 2.19 bits per heavy atom. The van der Waals surface area contributed by atoms with Crippen LogP contribution in [-0.4, -0.2) is 42.0 Å². The number of anilines is 1. The van der Waals surface area contributed by atoms with Crippen molar-refractivity contribution in [1.82, 2.24) is 15.1 Å². The molecule has 2 aromatic carbocycles. The van der Waals surface area contributed by atoms with Crippen LogP contribution in [0.3, 0.4) is 0 Å². The molecule has 134 valence electrons. The number of nitrogens with zero attached hydrogens (tertiary/aromatic N) is 2. The summed E-state index contributed by atoms with van der Waals surface area (Å²) in [6.45, 7) is 3.83. The summed E-state index contributed by atoms with van der Waals surface area (Å²) >= 11 is 0. The van der Waals surface area contributed by atoms with Crippen molar-refractivity contribution in [3.05, 3.63) is 78.6 Å². The van der Waals surface area contributed by atoms with E-state index in [2.05, 4.69) is 15.7 Å². The van der Waals surface area contributed by atoms with Crippen molar-refractivity contribution in [3.8, 4) is 5.69 Å². The van der Waals surface area contributed by atoms with E-state index in [9.17, 15) is 4.79 Å². The molecule has 1 amide bonds. The van der Waals surface area contributed by atoms with Crippen LogP contribution in [0.15, 0.2) is 72.9 Å². The summed E-state index contributed by atoms with van der Waals surface area (Å²) in [7, 11) is 0. The molecule has 1 fully saturated rings. The molecule has 0 unspecified atom stereocenters. The van der Waals surface area contributed by atoms with Crippen molar-refractivity contribution >= 4 is 11.6 Å². The number of nitrogens with one attached hydrogen (secondary N) is 2. The van der Waals surface area contributed by atoms with Crippen LogP contribution in [0.25, 0.3) is 5.69 Å². The molecule has 4 rings (SSSR count). The molecule has 1 aliphatic heterocycles. The zero-order chi connectivity index (χ0) is 18.0. The number of amides is 1. The number of para-hydroxylation sites is 2. The molecule has 1 saturated heterocycles. The van der Waals surface area contributed by atoms with Gasteiger partial charge in [-0.3, -0.25) is 4.79 Å². The highest BCUT2D eigenvalue weighted by molar-refractivity contribution is 6.03. The van der Waals surface area contributed by atoms with Crippen LogP contribution in [0.4, 0.5) is 5.69 Å². The van der Waals surface area contributed by atoms with E-state index < -0.39 is 0 Å². The molecule has 0 spiro atoms.